The third kappa shape index (κ3) is 1.66. The van der Waals surface area contributed by atoms with Crippen LogP contribution in [0.5, 0.6) is 0 Å². The lowest BCUT2D eigenvalue weighted by atomic mass is 10.1. The van der Waals surface area contributed by atoms with Gasteiger partial charge in [-0.2, -0.15) is 0 Å². The molecule has 0 radical (unpaired) electrons. The Morgan fingerprint density at radius 1 is 1.20 bits per heavy atom. The van der Waals surface area contributed by atoms with Crippen molar-refractivity contribution in [2.24, 2.45) is 0 Å². The van der Waals surface area contributed by atoms with Gasteiger partial charge in [0.15, 0.2) is 0 Å². The first kappa shape index (κ1) is 8.68. The fourth-order valence-electron chi connectivity index (χ4n) is 1.80. The van der Waals surface area contributed by atoms with Crippen molar-refractivity contribution in [3.05, 3.63) is 36.7 Å². The minimum atomic E-state index is 0.587. The van der Waals surface area contributed by atoms with E-state index in [4.69, 9.17) is 0 Å². The molecule has 1 aromatic carbocycles. The predicted octanol–water partition coefficient (Wildman–Crippen LogP) is 1.62. The van der Waals surface area contributed by atoms with Gasteiger partial charge in [-0.15, -0.1) is 0 Å². The Labute approximate surface area is 88.5 Å². The first-order chi connectivity index (χ1) is 7.42. The Morgan fingerprint density at radius 3 is 2.93 bits per heavy atom. The van der Waals surface area contributed by atoms with E-state index in [1.807, 2.05) is 18.5 Å². The van der Waals surface area contributed by atoms with Crippen LogP contribution < -0.4 is 10.6 Å². The summed E-state index contributed by atoms with van der Waals surface area (Å²) in [5.74, 6) is 0. The zero-order valence-corrected chi connectivity index (χ0v) is 8.40. The van der Waals surface area contributed by atoms with Crippen LogP contribution in [0.25, 0.3) is 10.8 Å². The van der Waals surface area contributed by atoms with Gasteiger partial charge in [0, 0.05) is 36.6 Å². The molecule has 3 rings (SSSR count). The van der Waals surface area contributed by atoms with Crippen LogP contribution in [-0.4, -0.2) is 24.1 Å². The highest BCUT2D eigenvalue weighted by Gasteiger charge is 2.15. The molecule has 76 valence electrons. The molecule has 0 aliphatic carbocycles. The predicted molar refractivity (Wildman–Crippen MR) is 62.0 cm³/mol. The fraction of sp³-hybridized carbons (Fsp3) is 0.250. The lowest BCUT2D eigenvalue weighted by Gasteiger charge is -2.29. The van der Waals surface area contributed by atoms with Gasteiger partial charge in [0.25, 0.3) is 0 Å². The normalized spacial score (nSPS) is 16.3. The zero-order valence-electron chi connectivity index (χ0n) is 8.40. The third-order valence-electron chi connectivity index (χ3n) is 2.79. The fourth-order valence-corrected chi connectivity index (χ4v) is 1.80. The molecular weight excluding hydrogens is 186 g/mol. The summed E-state index contributed by atoms with van der Waals surface area (Å²) < 4.78 is 0. The van der Waals surface area contributed by atoms with Gasteiger partial charge in [-0.3, -0.25) is 4.98 Å². The molecule has 1 aromatic heterocycles. The van der Waals surface area contributed by atoms with Crippen molar-refractivity contribution in [2.75, 3.05) is 18.4 Å². The van der Waals surface area contributed by atoms with Crippen molar-refractivity contribution >= 4 is 16.5 Å². The van der Waals surface area contributed by atoms with Gasteiger partial charge in [-0.05, 0) is 23.6 Å². The number of rotatable bonds is 2. The average molecular weight is 199 g/mol. The Bertz CT molecular complexity index is 477. The van der Waals surface area contributed by atoms with Gasteiger partial charge < -0.3 is 10.6 Å². The highest BCUT2D eigenvalue weighted by atomic mass is 15.1. The summed E-state index contributed by atoms with van der Waals surface area (Å²) >= 11 is 0. The van der Waals surface area contributed by atoms with Crippen LogP contribution >= 0.6 is 0 Å². The van der Waals surface area contributed by atoms with Crippen LogP contribution in [0.1, 0.15) is 0 Å². The van der Waals surface area contributed by atoms with Crippen LogP contribution in [0.15, 0.2) is 36.7 Å². The summed E-state index contributed by atoms with van der Waals surface area (Å²) in [6, 6.07) is 9.03. The maximum atomic E-state index is 4.10. The van der Waals surface area contributed by atoms with E-state index in [1.165, 1.54) is 16.5 Å². The minimum absolute atomic E-state index is 0.587. The summed E-state index contributed by atoms with van der Waals surface area (Å²) in [5.41, 5.74) is 1.19. The Balaban J connectivity index is 1.91. The first-order valence-electron chi connectivity index (χ1n) is 5.23. The average Bonchev–Trinajstić information content (AvgIpc) is 2.23. The van der Waals surface area contributed by atoms with E-state index in [0.717, 1.165) is 13.1 Å². The standard InChI is InChI=1S/C12H13N3/c1-2-11(15-12-7-14-8-12)5-9-3-4-13-6-10(1)9/h1-6,12,14-15H,7-8H2. The van der Waals surface area contributed by atoms with Crippen LogP contribution in [-0.2, 0) is 0 Å². The van der Waals surface area contributed by atoms with E-state index in [9.17, 15) is 0 Å². The van der Waals surface area contributed by atoms with Crippen LogP contribution in [0.2, 0.25) is 0 Å². The van der Waals surface area contributed by atoms with Crippen molar-refractivity contribution < 1.29 is 0 Å². The molecule has 1 aliphatic heterocycles. The minimum Gasteiger partial charge on any atom is -0.380 e. The molecule has 0 saturated carbocycles. The number of anilines is 1. The number of hydrogen-bond donors (Lipinski definition) is 2. The summed E-state index contributed by atoms with van der Waals surface area (Å²) in [6.07, 6.45) is 3.72. The molecule has 2 heterocycles. The number of fused-ring (bicyclic) bond motifs is 1. The molecule has 0 spiro atoms. The molecule has 1 fully saturated rings. The second-order valence-corrected chi connectivity index (χ2v) is 3.94. The SMILES string of the molecule is c1cc2cc(NC3CNC3)ccc2cn1. The molecule has 0 bridgehead atoms. The largest absolute Gasteiger partial charge is 0.380 e. The number of hydrogen-bond acceptors (Lipinski definition) is 3. The second kappa shape index (κ2) is 3.51. The zero-order chi connectivity index (χ0) is 10.1. The van der Waals surface area contributed by atoms with Crippen molar-refractivity contribution in [2.45, 2.75) is 6.04 Å². The highest BCUT2D eigenvalue weighted by Crippen LogP contribution is 2.18. The summed E-state index contributed by atoms with van der Waals surface area (Å²) in [6.45, 7) is 2.13. The number of benzene rings is 1. The van der Waals surface area contributed by atoms with Gasteiger partial charge in [0.2, 0.25) is 0 Å². The molecule has 3 nitrogen and oxygen atoms in total. The quantitative estimate of drug-likeness (QED) is 0.771. The van der Waals surface area contributed by atoms with E-state index in [2.05, 4.69) is 33.8 Å². The van der Waals surface area contributed by atoms with E-state index in [1.54, 1.807) is 0 Å². The number of pyridine rings is 1. The topological polar surface area (TPSA) is 37.0 Å². The van der Waals surface area contributed by atoms with Gasteiger partial charge in [0.1, 0.15) is 0 Å². The summed E-state index contributed by atoms with van der Waals surface area (Å²) in [4.78, 5) is 4.10. The third-order valence-corrected chi connectivity index (χ3v) is 2.79. The van der Waals surface area contributed by atoms with Crippen LogP contribution in [0.3, 0.4) is 0 Å². The summed E-state index contributed by atoms with van der Waals surface area (Å²) in [7, 11) is 0. The van der Waals surface area contributed by atoms with E-state index >= 15 is 0 Å². The van der Waals surface area contributed by atoms with Crippen LogP contribution in [0, 0.1) is 0 Å². The van der Waals surface area contributed by atoms with Gasteiger partial charge in [-0.25, -0.2) is 0 Å². The van der Waals surface area contributed by atoms with E-state index < -0.39 is 0 Å². The maximum Gasteiger partial charge on any atom is 0.0510 e. The monoisotopic (exact) mass is 199 g/mol. The Kier molecular flexibility index (Phi) is 2.03. The lowest BCUT2D eigenvalue weighted by Crippen LogP contribution is -2.51. The lowest BCUT2D eigenvalue weighted by molar-refractivity contribution is 0.472. The van der Waals surface area contributed by atoms with Crippen molar-refractivity contribution in [3.63, 3.8) is 0 Å². The summed E-state index contributed by atoms with van der Waals surface area (Å²) in [5, 5.41) is 9.16. The smallest absolute Gasteiger partial charge is 0.0510 e. The molecule has 3 heteroatoms. The molecular formula is C12H13N3. The van der Waals surface area contributed by atoms with Crippen LogP contribution in [0.4, 0.5) is 5.69 Å². The Morgan fingerprint density at radius 2 is 2.13 bits per heavy atom. The molecule has 2 N–H and O–H groups in total. The molecule has 0 unspecified atom stereocenters. The van der Waals surface area contributed by atoms with Crippen molar-refractivity contribution in [1.82, 2.24) is 10.3 Å². The number of nitrogens with one attached hydrogen (secondary N) is 2. The second-order valence-electron chi connectivity index (χ2n) is 3.94. The molecule has 2 aromatic rings. The van der Waals surface area contributed by atoms with Crippen molar-refractivity contribution in [3.8, 4) is 0 Å². The van der Waals surface area contributed by atoms with Crippen molar-refractivity contribution in [1.29, 1.82) is 0 Å². The van der Waals surface area contributed by atoms with E-state index in [0.29, 0.717) is 6.04 Å². The van der Waals surface area contributed by atoms with Gasteiger partial charge in [-0.1, -0.05) is 6.07 Å². The number of nitrogens with zero attached hydrogens (tertiary/aromatic N) is 1. The van der Waals surface area contributed by atoms with E-state index in [-0.39, 0.29) is 0 Å². The first-order valence-corrected chi connectivity index (χ1v) is 5.23. The van der Waals surface area contributed by atoms with Gasteiger partial charge >= 0.3 is 0 Å². The molecule has 1 saturated heterocycles. The molecule has 15 heavy (non-hydrogen) atoms. The highest BCUT2D eigenvalue weighted by molar-refractivity contribution is 5.84. The molecule has 0 amide bonds. The molecule has 1 aliphatic rings. The maximum absolute atomic E-state index is 4.10. The van der Waals surface area contributed by atoms with Gasteiger partial charge in [0.05, 0.1) is 6.04 Å². The Hall–Kier alpha value is -1.61. The molecule has 0 atom stereocenters. The number of aromatic nitrogens is 1.